The second kappa shape index (κ2) is 8.14. The van der Waals surface area contributed by atoms with Crippen LogP contribution in [0.1, 0.15) is 43.6 Å². The van der Waals surface area contributed by atoms with Gasteiger partial charge in [0.2, 0.25) is 0 Å². The number of carboxylic acids is 1. The minimum absolute atomic E-state index is 0.0596. The van der Waals surface area contributed by atoms with E-state index < -0.39 is 5.97 Å². The van der Waals surface area contributed by atoms with Crippen molar-refractivity contribution in [2.75, 3.05) is 0 Å². The molecule has 0 aliphatic carbocycles. The van der Waals surface area contributed by atoms with E-state index in [1.54, 1.807) is 13.0 Å². The third-order valence-electron chi connectivity index (χ3n) is 2.13. The number of benzene rings is 1. The molecule has 0 radical (unpaired) electrons. The number of phenols is 1. The summed E-state index contributed by atoms with van der Waals surface area (Å²) in [4.78, 5) is 10.4. The topological polar surface area (TPSA) is 57.5 Å². The standard InChI is InChI=1S/C8H8O3.C8H14/c1-5-2-3-6(8(10)11)7(9)4-5;1-7(2)5-6-8(3)4/h2-4,9H,1H3,(H,10,11);5-6H,1-4H3. The summed E-state index contributed by atoms with van der Waals surface area (Å²) < 4.78 is 0. The molecule has 0 aliphatic rings. The Labute approximate surface area is 114 Å². The van der Waals surface area contributed by atoms with E-state index in [-0.39, 0.29) is 11.3 Å². The third kappa shape index (κ3) is 7.82. The largest absolute Gasteiger partial charge is 0.507 e. The lowest BCUT2D eigenvalue weighted by Crippen LogP contribution is -1.96. The zero-order chi connectivity index (χ0) is 15.0. The number of hydrogen-bond donors (Lipinski definition) is 2. The van der Waals surface area contributed by atoms with Crippen molar-refractivity contribution in [2.45, 2.75) is 34.6 Å². The van der Waals surface area contributed by atoms with E-state index in [1.165, 1.54) is 23.3 Å². The van der Waals surface area contributed by atoms with Crippen molar-refractivity contribution in [3.63, 3.8) is 0 Å². The molecule has 3 heteroatoms. The number of hydrogen-bond acceptors (Lipinski definition) is 2. The van der Waals surface area contributed by atoms with Crippen LogP contribution in [0.4, 0.5) is 0 Å². The molecule has 104 valence electrons. The van der Waals surface area contributed by atoms with Crippen LogP contribution < -0.4 is 0 Å². The van der Waals surface area contributed by atoms with Crippen LogP contribution in [0, 0.1) is 6.92 Å². The molecule has 0 aliphatic heterocycles. The second-order valence-corrected chi connectivity index (χ2v) is 4.81. The molecule has 0 unspecified atom stereocenters. The predicted octanol–water partition coefficient (Wildman–Crippen LogP) is 4.32. The van der Waals surface area contributed by atoms with E-state index in [9.17, 15) is 4.79 Å². The number of aromatic hydroxyl groups is 1. The minimum Gasteiger partial charge on any atom is -0.507 e. The van der Waals surface area contributed by atoms with Crippen molar-refractivity contribution in [3.8, 4) is 5.75 Å². The van der Waals surface area contributed by atoms with Gasteiger partial charge in [0.05, 0.1) is 0 Å². The van der Waals surface area contributed by atoms with Gasteiger partial charge in [0.25, 0.3) is 0 Å². The van der Waals surface area contributed by atoms with Crippen LogP contribution in [0.5, 0.6) is 5.75 Å². The van der Waals surface area contributed by atoms with Crippen molar-refractivity contribution < 1.29 is 15.0 Å². The molecule has 1 rings (SSSR count). The SMILES string of the molecule is CC(C)=CC=C(C)C.Cc1ccc(C(=O)O)c(O)c1. The highest BCUT2D eigenvalue weighted by atomic mass is 16.4. The van der Waals surface area contributed by atoms with Crippen LogP contribution in [0.3, 0.4) is 0 Å². The molecule has 0 aromatic heterocycles. The van der Waals surface area contributed by atoms with Crippen LogP contribution in [0.25, 0.3) is 0 Å². The molecule has 19 heavy (non-hydrogen) atoms. The molecule has 0 saturated heterocycles. The van der Waals surface area contributed by atoms with Gasteiger partial charge >= 0.3 is 5.97 Å². The first-order valence-corrected chi connectivity index (χ1v) is 6.05. The monoisotopic (exact) mass is 262 g/mol. The zero-order valence-electron chi connectivity index (χ0n) is 12.2. The predicted molar refractivity (Wildman–Crippen MR) is 78.7 cm³/mol. The lowest BCUT2D eigenvalue weighted by Gasteiger charge is -1.98. The second-order valence-electron chi connectivity index (χ2n) is 4.81. The van der Waals surface area contributed by atoms with Gasteiger partial charge in [0, 0.05) is 0 Å². The van der Waals surface area contributed by atoms with Gasteiger partial charge in [-0.3, -0.25) is 0 Å². The summed E-state index contributed by atoms with van der Waals surface area (Å²) in [5.41, 5.74) is 3.49. The molecular formula is C16H22O3. The summed E-state index contributed by atoms with van der Waals surface area (Å²) in [6.45, 7) is 10.2. The van der Waals surface area contributed by atoms with Crippen molar-refractivity contribution >= 4 is 5.97 Å². The molecule has 0 saturated carbocycles. The normalized spacial score (nSPS) is 8.89. The molecule has 3 nitrogen and oxygen atoms in total. The fraction of sp³-hybridized carbons (Fsp3) is 0.312. The average Bonchev–Trinajstić information content (AvgIpc) is 2.26. The van der Waals surface area contributed by atoms with Gasteiger partial charge in [-0.2, -0.15) is 0 Å². The average molecular weight is 262 g/mol. The first-order chi connectivity index (χ1) is 8.73. The Bertz CT molecular complexity index is 473. The molecule has 0 amide bonds. The Hall–Kier alpha value is -2.03. The summed E-state index contributed by atoms with van der Waals surface area (Å²) in [6.07, 6.45) is 4.24. The molecule has 1 aromatic rings. The molecule has 1 aromatic carbocycles. The Kier molecular flexibility index (Phi) is 7.27. The summed E-state index contributed by atoms with van der Waals surface area (Å²) >= 11 is 0. The molecular weight excluding hydrogens is 240 g/mol. The minimum atomic E-state index is -1.11. The Morgan fingerprint density at radius 2 is 1.53 bits per heavy atom. The van der Waals surface area contributed by atoms with E-state index in [2.05, 4.69) is 39.8 Å². The fourth-order valence-corrected chi connectivity index (χ4v) is 1.16. The first kappa shape index (κ1) is 17.0. The molecule has 2 N–H and O–H groups in total. The smallest absolute Gasteiger partial charge is 0.339 e. The van der Waals surface area contributed by atoms with Crippen LogP contribution in [0.15, 0.2) is 41.5 Å². The van der Waals surface area contributed by atoms with Crippen molar-refractivity contribution in [1.82, 2.24) is 0 Å². The molecule has 0 bridgehead atoms. The molecule has 0 spiro atoms. The highest BCUT2D eigenvalue weighted by Gasteiger charge is 2.07. The van der Waals surface area contributed by atoms with E-state index >= 15 is 0 Å². The fourth-order valence-electron chi connectivity index (χ4n) is 1.16. The maximum absolute atomic E-state index is 10.4. The quantitative estimate of drug-likeness (QED) is 0.780. The summed E-state index contributed by atoms with van der Waals surface area (Å²) in [5, 5.41) is 17.6. The number of carboxylic acid groups (broad SMARTS) is 1. The summed E-state index contributed by atoms with van der Waals surface area (Å²) in [5.74, 6) is -1.29. The molecule has 0 atom stereocenters. The highest BCUT2D eigenvalue weighted by molar-refractivity contribution is 5.90. The van der Waals surface area contributed by atoms with E-state index in [1.807, 2.05) is 0 Å². The van der Waals surface area contributed by atoms with E-state index in [0.29, 0.717) is 0 Å². The van der Waals surface area contributed by atoms with E-state index in [0.717, 1.165) is 5.56 Å². The van der Waals surface area contributed by atoms with Crippen LogP contribution in [-0.4, -0.2) is 16.2 Å². The lowest BCUT2D eigenvalue weighted by molar-refractivity contribution is 0.0693. The number of allylic oxidation sites excluding steroid dienone is 4. The van der Waals surface area contributed by atoms with Gasteiger partial charge in [-0.15, -0.1) is 0 Å². The maximum Gasteiger partial charge on any atom is 0.339 e. The third-order valence-corrected chi connectivity index (χ3v) is 2.13. The summed E-state index contributed by atoms with van der Waals surface area (Å²) in [7, 11) is 0. The number of carbonyl (C=O) groups is 1. The van der Waals surface area contributed by atoms with Crippen molar-refractivity contribution in [3.05, 3.63) is 52.6 Å². The lowest BCUT2D eigenvalue weighted by atomic mass is 10.1. The van der Waals surface area contributed by atoms with Crippen LogP contribution >= 0.6 is 0 Å². The van der Waals surface area contributed by atoms with Crippen LogP contribution in [-0.2, 0) is 0 Å². The van der Waals surface area contributed by atoms with Gasteiger partial charge in [0.15, 0.2) is 0 Å². The van der Waals surface area contributed by atoms with Crippen molar-refractivity contribution in [1.29, 1.82) is 0 Å². The zero-order valence-corrected chi connectivity index (χ0v) is 12.2. The van der Waals surface area contributed by atoms with Gasteiger partial charge < -0.3 is 10.2 Å². The van der Waals surface area contributed by atoms with E-state index in [4.69, 9.17) is 10.2 Å². The number of aromatic carboxylic acids is 1. The Morgan fingerprint density at radius 1 is 1.05 bits per heavy atom. The van der Waals surface area contributed by atoms with Gasteiger partial charge in [0.1, 0.15) is 11.3 Å². The van der Waals surface area contributed by atoms with Gasteiger partial charge in [-0.1, -0.05) is 29.4 Å². The van der Waals surface area contributed by atoms with Crippen LogP contribution in [0.2, 0.25) is 0 Å². The first-order valence-electron chi connectivity index (χ1n) is 6.05. The maximum atomic E-state index is 10.4. The number of aryl methyl sites for hydroxylation is 1. The summed E-state index contributed by atoms with van der Waals surface area (Å²) in [6, 6.07) is 4.44. The van der Waals surface area contributed by atoms with Gasteiger partial charge in [-0.05, 0) is 52.3 Å². The Morgan fingerprint density at radius 3 is 1.84 bits per heavy atom. The molecule has 0 fully saturated rings. The van der Waals surface area contributed by atoms with Crippen molar-refractivity contribution in [2.24, 2.45) is 0 Å². The number of rotatable bonds is 2. The highest BCUT2D eigenvalue weighted by Crippen LogP contribution is 2.17. The molecule has 0 heterocycles. The van der Waals surface area contributed by atoms with Gasteiger partial charge in [-0.25, -0.2) is 4.79 Å². The Balaban J connectivity index is 0.000000362.